The summed E-state index contributed by atoms with van der Waals surface area (Å²) in [5, 5.41) is 0. The van der Waals surface area contributed by atoms with Gasteiger partial charge in [-0.3, -0.25) is 4.79 Å². The van der Waals surface area contributed by atoms with Gasteiger partial charge in [-0.05, 0) is 12.8 Å². The van der Waals surface area contributed by atoms with Gasteiger partial charge in [0.1, 0.15) is 16.0 Å². The Bertz CT molecular complexity index is 325. The van der Waals surface area contributed by atoms with Crippen molar-refractivity contribution in [3.05, 3.63) is 0 Å². The van der Waals surface area contributed by atoms with E-state index in [0.717, 1.165) is 0 Å². The molecule has 0 aromatic rings. The number of alkyl halides is 1. The summed E-state index contributed by atoms with van der Waals surface area (Å²) in [5.41, 5.74) is 0. The van der Waals surface area contributed by atoms with Crippen LogP contribution in [0, 0.1) is 5.92 Å². The average molecular weight is 238 g/mol. The summed E-state index contributed by atoms with van der Waals surface area (Å²) in [6, 6.07) is 0. The highest BCUT2D eigenvalue weighted by Crippen LogP contribution is 2.25. The zero-order valence-corrected chi connectivity index (χ0v) is 9.43. The molecule has 0 unspecified atom stereocenters. The van der Waals surface area contributed by atoms with E-state index >= 15 is 0 Å². The van der Waals surface area contributed by atoms with Crippen molar-refractivity contribution in [2.75, 3.05) is 18.6 Å². The first kappa shape index (κ1) is 12.4. The van der Waals surface area contributed by atoms with Crippen LogP contribution in [0.2, 0.25) is 0 Å². The molecule has 6 heteroatoms. The van der Waals surface area contributed by atoms with Crippen LogP contribution in [-0.4, -0.2) is 39.2 Å². The fraction of sp³-hybridized carbons (Fsp3) is 0.889. The first-order valence-corrected chi connectivity index (χ1v) is 6.68. The van der Waals surface area contributed by atoms with E-state index in [1.807, 2.05) is 0 Å². The van der Waals surface area contributed by atoms with Crippen molar-refractivity contribution in [1.82, 2.24) is 0 Å². The van der Waals surface area contributed by atoms with Gasteiger partial charge in [-0.25, -0.2) is 12.8 Å². The van der Waals surface area contributed by atoms with Gasteiger partial charge in [0.15, 0.2) is 0 Å². The lowest BCUT2D eigenvalue weighted by Gasteiger charge is -2.15. The third kappa shape index (κ3) is 3.77. The quantitative estimate of drug-likeness (QED) is 0.665. The summed E-state index contributed by atoms with van der Waals surface area (Å²) >= 11 is 0. The first-order chi connectivity index (χ1) is 6.94. The topological polar surface area (TPSA) is 60.4 Å². The minimum Gasteiger partial charge on any atom is -0.469 e. The molecule has 1 saturated heterocycles. The predicted octanol–water partition coefficient (Wildman–Crippen LogP) is 0.712. The maximum absolute atomic E-state index is 13.5. The molecule has 2 atom stereocenters. The standard InChI is InChI=1S/C9H15FO4S/c1-14-9(11)6-7-2-4-15(12,13)5-3-8(7)10/h7-8H,2-6H2,1H3/t7-,8+/m0/s1. The number of esters is 1. The molecule has 88 valence electrons. The van der Waals surface area contributed by atoms with Gasteiger partial charge in [0, 0.05) is 5.92 Å². The van der Waals surface area contributed by atoms with Gasteiger partial charge in [0.2, 0.25) is 0 Å². The predicted molar refractivity (Wildman–Crippen MR) is 52.9 cm³/mol. The zero-order valence-electron chi connectivity index (χ0n) is 8.61. The fourth-order valence-corrected chi connectivity index (χ4v) is 3.12. The second kappa shape index (κ2) is 4.92. The molecule has 1 aliphatic heterocycles. The summed E-state index contributed by atoms with van der Waals surface area (Å²) < 4.78 is 40.4. The molecule has 1 rings (SSSR count). The average Bonchev–Trinajstić information content (AvgIpc) is 2.31. The number of sulfone groups is 1. The Kier molecular flexibility index (Phi) is 4.07. The zero-order chi connectivity index (χ0) is 11.5. The number of carbonyl (C=O) groups excluding carboxylic acids is 1. The van der Waals surface area contributed by atoms with E-state index in [0.29, 0.717) is 0 Å². The van der Waals surface area contributed by atoms with Crippen molar-refractivity contribution >= 4 is 15.8 Å². The Labute approximate surface area is 88.7 Å². The second-order valence-electron chi connectivity index (χ2n) is 3.79. The van der Waals surface area contributed by atoms with Crippen LogP contribution in [0.4, 0.5) is 4.39 Å². The lowest BCUT2D eigenvalue weighted by molar-refractivity contribution is -0.142. The van der Waals surface area contributed by atoms with Crippen LogP contribution >= 0.6 is 0 Å². The van der Waals surface area contributed by atoms with Crippen LogP contribution in [0.5, 0.6) is 0 Å². The van der Waals surface area contributed by atoms with Crippen molar-refractivity contribution in [2.45, 2.75) is 25.4 Å². The van der Waals surface area contributed by atoms with Gasteiger partial charge in [-0.15, -0.1) is 0 Å². The Hall–Kier alpha value is -0.650. The highest BCUT2D eigenvalue weighted by Gasteiger charge is 2.30. The summed E-state index contributed by atoms with van der Waals surface area (Å²) in [4.78, 5) is 11.0. The normalized spacial score (nSPS) is 30.5. The molecular weight excluding hydrogens is 223 g/mol. The molecule has 15 heavy (non-hydrogen) atoms. The van der Waals surface area contributed by atoms with Crippen LogP contribution in [0.15, 0.2) is 0 Å². The largest absolute Gasteiger partial charge is 0.469 e. The number of hydrogen-bond donors (Lipinski definition) is 0. The van der Waals surface area contributed by atoms with Gasteiger partial charge in [-0.1, -0.05) is 0 Å². The second-order valence-corrected chi connectivity index (χ2v) is 6.09. The summed E-state index contributed by atoms with van der Waals surface area (Å²) in [6.45, 7) is 0. The van der Waals surface area contributed by atoms with Gasteiger partial charge < -0.3 is 4.74 Å². The van der Waals surface area contributed by atoms with Crippen LogP contribution in [0.25, 0.3) is 0 Å². The minimum absolute atomic E-state index is 0.00993. The Morgan fingerprint density at radius 3 is 2.60 bits per heavy atom. The maximum Gasteiger partial charge on any atom is 0.305 e. The monoisotopic (exact) mass is 238 g/mol. The van der Waals surface area contributed by atoms with E-state index in [-0.39, 0.29) is 30.8 Å². The lowest BCUT2D eigenvalue weighted by atomic mass is 9.95. The number of carbonyl (C=O) groups is 1. The van der Waals surface area contributed by atoms with Gasteiger partial charge in [0.05, 0.1) is 25.0 Å². The van der Waals surface area contributed by atoms with Crippen molar-refractivity contribution in [3.8, 4) is 0 Å². The molecule has 0 N–H and O–H groups in total. The van der Waals surface area contributed by atoms with Crippen molar-refractivity contribution in [1.29, 1.82) is 0 Å². The van der Waals surface area contributed by atoms with Crippen molar-refractivity contribution < 1.29 is 22.3 Å². The summed E-state index contributed by atoms with van der Waals surface area (Å²) in [6.07, 6.45) is -1.06. The van der Waals surface area contributed by atoms with E-state index in [1.54, 1.807) is 0 Å². The molecule has 0 aliphatic carbocycles. The number of rotatable bonds is 2. The molecule has 0 amide bonds. The number of methoxy groups -OCH3 is 1. The molecule has 0 radical (unpaired) electrons. The number of ether oxygens (including phenoxy) is 1. The van der Waals surface area contributed by atoms with Crippen LogP contribution in [0.3, 0.4) is 0 Å². The van der Waals surface area contributed by atoms with Gasteiger partial charge in [-0.2, -0.15) is 0 Å². The van der Waals surface area contributed by atoms with Crippen LogP contribution < -0.4 is 0 Å². The van der Waals surface area contributed by atoms with E-state index in [9.17, 15) is 17.6 Å². The van der Waals surface area contributed by atoms with E-state index in [4.69, 9.17) is 0 Å². The Morgan fingerprint density at radius 1 is 1.40 bits per heavy atom. The molecule has 0 spiro atoms. The molecule has 0 aromatic heterocycles. The highest BCUT2D eigenvalue weighted by molar-refractivity contribution is 7.91. The molecule has 0 bridgehead atoms. The third-order valence-corrected chi connectivity index (χ3v) is 4.39. The van der Waals surface area contributed by atoms with Crippen molar-refractivity contribution in [2.24, 2.45) is 5.92 Å². The Balaban J connectivity index is 2.61. The smallest absolute Gasteiger partial charge is 0.305 e. The number of hydrogen-bond acceptors (Lipinski definition) is 4. The molecule has 1 aliphatic rings. The first-order valence-electron chi connectivity index (χ1n) is 4.86. The molecule has 4 nitrogen and oxygen atoms in total. The molecular formula is C9H15FO4S. The Morgan fingerprint density at radius 2 is 2.00 bits per heavy atom. The fourth-order valence-electron chi connectivity index (χ4n) is 1.67. The van der Waals surface area contributed by atoms with Crippen LogP contribution in [0.1, 0.15) is 19.3 Å². The molecule has 1 fully saturated rings. The summed E-state index contributed by atoms with van der Waals surface area (Å²) in [5.74, 6) is -1.15. The molecule has 0 aromatic carbocycles. The summed E-state index contributed by atoms with van der Waals surface area (Å²) in [7, 11) is -1.88. The lowest BCUT2D eigenvalue weighted by Crippen LogP contribution is -2.20. The molecule has 1 heterocycles. The highest BCUT2D eigenvalue weighted by atomic mass is 32.2. The minimum atomic E-state index is -3.12. The molecule has 0 saturated carbocycles. The number of halogens is 1. The van der Waals surface area contributed by atoms with E-state index in [1.165, 1.54) is 7.11 Å². The van der Waals surface area contributed by atoms with E-state index < -0.39 is 27.9 Å². The maximum atomic E-state index is 13.5. The van der Waals surface area contributed by atoms with E-state index in [2.05, 4.69) is 4.74 Å². The SMILES string of the molecule is COC(=O)C[C@@H]1CCS(=O)(=O)CC[C@H]1F. The van der Waals surface area contributed by atoms with Crippen molar-refractivity contribution in [3.63, 3.8) is 0 Å². The van der Waals surface area contributed by atoms with Gasteiger partial charge >= 0.3 is 5.97 Å². The third-order valence-electron chi connectivity index (χ3n) is 2.67. The van der Waals surface area contributed by atoms with Gasteiger partial charge in [0.25, 0.3) is 0 Å². The van der Waals surface area contributed by atoms with Crippen LogP contribution in [-0.2, 0) is 19.4 Å².